The van der Waals surface area contributed by atoms with Crippen molar-refractivity contribution in [2.45, 2.75) is 0 Å². The number of hydrazine groups is 1. The molecule has 0 bridgehead atoms. The third-order valence-corrected chi connectivity index (χ3v) is 2.50. The van der Waals surface area contributed by atoms with Gasteiger partial charge in [0.05, 0.1) is 19.7 Å². The minimum absolute atomic E-state index is 0.369. The Morgan fingerprint density at radius 1 is 1.29 bits per heavy atom. The van der Waals surface area contributed by atoms with E-state index in [1.54, 1.807) is 32.4 Å². The first-order chi connectivity index (χ1) is 8.19. The molecule has 0 fully saturated rings. The maximum absolute atomic E-state index is 11.4. The summed E-state index contributed by atoms with van der Waals surface area (Å²) in [5.41, 5.74) is 3.19. The lowest BCUT2D eigenvalue weighted by molar-refractivity contribution is 0.0949. The zero-order chi connectivity index (χ0) is 12.4. The maximum Gasteiger partial charge on any atom is 0.281 e. The summed E-state index contributed by atoms with van der Waals surface area (Å²) in [7, 11) is 3.13. The van der Waals surface area contributed by atoms with Crippen LogP contribution in [0.3, 0.4) is 0 Å². The van der Waals surface area contributed by atoms with Crippen LogP contribution >= 0.6 is 0 Å². The first-order valence-electron chi connectivity index (χ1n) is 4.95. The van der Waals surface area contributed by atoms with Crippen LogP contribution in [0, 0.1) is 0 Å². The number of nitrogen functional groups attached to an aromatic ring is 1. The highest BCUT2D eigenvalue weighted by atomic mass is 16.5. The number of hydrogen-bond donors (Lipinski definition) is 3. The van der Waals surface area contributed by atoms with E-state index in [4.69, 9.17) is 15.3 Å². The fourth-order valence-corrected chi connectivity index (χ4v) is 1.67. The number of rotatable bonds is 3. The fourth-order valence-electron chi connectivity index (χ4n) is 1.67. The lowest BCUT2D eigenvalue weighted by atomic mass is 10.2. The minimum Gasteiger partial charge on any atom is -0.497 e. The van der Waals surface area contributed by atoms with Crippen molar-refractivity contribution in [2.75, 3.05) is 14.2 Å². The van der Waals surface area contributed by atoms with Gasteiger partial charge in [-0.3, -0.25) is 10.2 Å². The van der Waals surface area contributed by atoms with Crippen molar-refractivity contribution in [2.24, 2.45) is 5.84 Å². The van der Waals surface area contributed by atoms with Crippen molar-refractivity contribution in [3.63, 3.8) is 0 Å². The van der Waals surface area contributed by atoms with Crippen LogP contribution in [0.25, 0.3) is 10.9 Å². The van der Waals surface area contributed by atoms with Gasteiger partial charge in [-0.2, -0.15) is 0 Å². The molecule has 0 saturated heterocycles. The van der Waals surface area contributed by atoms with Gasteiger partial charge in [0, 0.05) is 17.5 Å². The van der Waals surface area contributed by atoms with Gasteiger partial charge < -0.3 is 14.5 Å². The molecule has 2 aromatic rings. The van der Waals surface area contributed by atoms with E-state index in [1.165, 1.54) is 0 Å². The highest BCUT2D eigenvalue weighted by molar-refractivity contribution is 5.99. The number of methoxy groups -OCH3 is 2. The van der Waals surface area contributed by atoms with Gasteiger partial charge in [0.15, 0.2) is 0 Å². The van der Waals surface area contributed by atoms with Crippen LogP contribution in [-0.2, 0) is 0 Å². The maximum atomic E-state index is 11.4. The molecular formula is C11H13N3O3. The zero-order valence-corrected chi connectivity index (χ0v) is 9.53. The third kappa shape index (κ3) is 1.90. The number of ether oxygens (including phenoxy) is 2. The molecule has 0 spiro atoms. The lowest BCUT2D eigenvalue weighted by Crippen LogP contribution is -2.30. The molecule has 1 heterocycles. The summed E-state index contributed by atoms with van der Waals surface area (Å²) in [6, 6.07) is 5.21. The third-order valence-electron chi connectivity index (χ3n) is 2.50. The van der Waals surface area contributed by atoms with Crippen LogP contribution in [-0.4, -0.2) is 25.1 Å². The molecule has 17 heavy (non-hydrogen) atoms. The van der Waals surface area contributed by atoms with E-state index in [0.717, 1.165) is 10.9 Å². The van der Waals surface area contributed by atoms with Gasteiger partial charge in [-0.1, -0.05) is 0 Å². The number of benzene rings is 1. The smallest absolute Gasteiger partial charge is 0.281 e. The van der Waals surface area contributed by atoms with E-state index in [-0.39, 0.29) is 5.91 Å². The van der Waals surface area contributed by atoms with Gasteiger partial charge in [-0.25, -0.2) is 5.84 Å². The largest absolute Gasteiger partial charge is 0.497 e. The molecule has 6 nitrogen and oxygen atoms in total. The summed E-state index contributed by atoms with van der Waals surface area (Å²) in [6.45, 7) is 0. The lowest BCUT2D eigenvalue weighted by Gasteiger charge is -2.04. The van der Waals surface area contributed by atoms with E-state index < -0.39 is 0 Å². The minimum atomic E-state index is -0.387. The normalized spacial score (nSPS) is 10.3. The second kappa shape index (κ2) is 4.34. The molecule has 1 aromatic heterocycles. The van der Waals surface area contributed by atoms with Gasteiger partial charge in [0.25, 0.3) is 5.91 Å². The Morgan fingerprint density at radius 3 is 2.65 bits per heavy atom. The zero-order valence-electron chi connectivity index (χ0n) is 9.53. The van der Waals surface area contributed by atoms with Crippen LogP contribution in [0.15, 0.2) is 18.2 Å². The number of aromatic amines is 1. The number of nitrogens with one attached hydrogen (secondary N) is 2. The first-order valence-corrected chi connectivity index (χ1v) is 4.95. The molecule has 0 aliphatic rings. The van der Waals surface area contributed by atoms with Crippen LogP contribution in [0.1, 0.15) is 10.5 Å². The Morgan fingerprint density at radius 2 is 2.06 bits per heavy atom. The van der Waals surface area contributed by atoms with E-state index in [2.05, 4.69) is 10.4 Å². The quantitative estimate of drug-likeness (QED) is 0.417. The van der Waals surface area contributed by atoms with Crippen LogP contribution in [0.2, 0.25) is 0 Å². The molecule has 0 unspecified atom stereocenters. The molecule has 2 rings (SSSR count). The van der Waals surface area contributed by atoms with Crippen molar-refractivity contribution >= 4 is 16.8 Å². The average Bonchev–Trinajstić information content (AvgIpc) is 2.80. The summed E-state index contributed by atoms with van der Waals surface area (Å²) in [6.07, 6.45) is 0. The number of hydrogen-bond acceptors (Lipinski definition) is 4. The second-order valence-corrected chi connectivity index (χ2v) is 3.45. The molecule has 0 aliphatic heterocycles. The van der Waals surface area contributed by atoms with Crippen LogP contribution in [0.4, 0.5) is 0 Å². The van der Waals surface area contributed by atoms with Gasteiger partial charge in [-0.15, -0.1) is 0 Å². The van der Waals surface area contributed by atoms with Gasteiger partial charge >= 0.3 is 0 Å². The predicted octanol–water partition coefficient (Wildman–Crippen LogP) is 0.789. The number of nitrogens with two attached hydrogens (primary N) is 1. The first kappa shape index (κ1) is 11.3. The van der Waals surface area contributed by atoms with Gasteiger partial charge in [0.1, 0.15) is 17.2 Å². The molecule has 0 aliphatic carbocycles. The predicted molar refractivity (Wildman–Crippen MR) is 63.1 cm³/mol. The van der Waals surface area contributed by atoms with Crippen molar-refractivity contribution in [3.05, 3.63) is 23.9 Å². The average molecular weight is 235 g/mol. The molecule has 0 saturated carbocycles. The number of carbonyl (C=O) groups excluding carboxylic acids is 1. The molecule has 1 amide bonds. The summed E-state index contributed by atoms with van der Waals surface area (Å²) in [5.74, 6) is 5.97. The Hall–Kier alpha value is -2.21. The number of aromatic nitrogens is 1. The van der Waals surface area contributed by atoms with Crippen molar-refractivity contribution < 1.29 is 14.3 Å². The molecule has 90 valence electrons. The number of fused-ring (bicyclic) bond motifs is 1. The topological polar surface area (TPSA) is 89.4 Å². The second-order valence-electron chi connectivity index (χ2n) is 3.45. The molecule has 0 radical (unpaired) electrons. The Labute approximate surface area is 97.7 Å². The Bertz CT molecular complexity index is 562. The number of amides is 1. The monoisotopic (exact) mass is 235 g/mol. The highest BCUT2D eigenvalue weighted by Crippen LogP contribution is 2.31. The van der Waals surface area contributed by atoms with Crippen molar-refractivity contribution in [1.82, 2.24) is 10.4 Å². The summed E-state index contributed by atoms with van der Waals surface area (Å²) in [4.78, 5) is 14.3. The van der Waals surface area contributed by atoms with E-state index in [9.17, 15) is 4.79 Å². The fraction of sp³-hybridized carbons (Fsp3) is 0.182. The number of H-pyrrole nitrogens is 1. The molecule has 0 atom stereocenters. The van der Waals surface area contributed by atoms with Crippen molar-refractivity contribution in [1.29, 1.82) is 0 Å². The molecule has 1 aromatic carbocycles. The van der Waals surface area contributed by atoms with Gasteiger partial charge in [-0.05, 0) is 6.07 Å². The number of carbonyl (C=O) groups is 1. The summed E-state index contributed by atoms with van der Waals surface area (Å²) < 4.78 is 10.4. The molecule has 6 heteroatoms. The highest BCUT2D eigenvalue weighted by Gasteiger charge is 2.12. The molecular weight excluding hydrogens is 222 g/mol. The Kier molecular flexibility index (Phi) is 2.88. The molecule has 4 N–H and O–H groups in total. The van der Waals surface area contributed by atoms with Crippen LogP contribution in [0.5, 0.6) is 11.5 Å². The van der Waals surface area contributed by atoms with E-state index in [1.807, 2.05) is 0 Å². The van der Waals surface area contributed by atoms with E-state index in [0.29, 0.717) is 17.2 Å². The standard InChI is InChI=1S/C11H13N3O3/c1-16-6-3-8-7(10(4-6)17-2)5-9(13-8)11(15)14-12/h3-5,13H,12H2,1-2H3,(H,14,15). The Balaban J connectivity index is 2.62. The van der Waals surface area contributed by atoms with Crippen LogP contribution < -0.4 is 20.7 Å². The van der Waals surface area contributed by atoms with Crippen molar-refractivity contribution in [3.8, 4) is 11.5 Å². The van der Waals surface area contributed by atoms with Gasteiger partial charge in [0.2, 0.25) is 0 Å². The summed E-state index contributed by atoms with van der Waals surface area (Å²) in [5, 5.41) is 0.798. The summed E-state index contributed by atoms with van der Waals surface area (Å²) >= 11 is 0. The SMILES string of the molecule is COc1cc(OC)c2cc(C(=O)NN)[nH]c2c1. The van der Waals surface area contributed by atoms with E-state index >= 15 is 0 Å².